The predicted octanol–water partition coefficient (Wildman–Crippen LogP) is 3.37. The second-order valence-electron chi connectivity index (χ2n) is 4.09. The van der Waals surface area contributed by atoms with E-state index in [9.17, 15) is 26.0 Å². The molecule has 0 fully saturated rings. The molecule has 0 spiro atoms. The van der Waals surface area contributed by atoms with Crippen molar-refractivity contribution in [1.82, 2.24) is 0 Å². The van der Waals surface area contributed by atoms with Gasteiger partial charge in [0.1, 0.15) is 17.4 Å². The lowest BCUT2D eigenvalue weighted by molar-refractivity contribution is -0.0493. The first kappa shape index (κ1) is 16.1. The SMILES string of the molecule is O=S(=O)(Nc1ccccc1OC(F)F)c1cc(F)cc(F)c1. The maximum atomic E-state index is 13.1. The van der Waals surface area contributed by atoms with E-state index in [1.165, 1.54) is 18.2 Å². The first-order chi connectivity index (χ1) is 10.3. The van der Waals surface area contributed by atoms with Gasteiger partial charge >= 0.3 is 6.61 Å². The average molecular weight is 335 g/mol. The van der Waals surface area contributed by atoms with Crippen LogP contribution in [0.2, 0.25) is 0 Å². The highest BCUT2D eigenvalue weighted by Crippen LogP contribution is 2.28. The molecule has 2 aromatic rings. The number of para-hydroxylation sites is 2. The van der Waals surface area contributed by atoms with Crippen LogP contribution in [0.3, 0.4) is 0 Å². The van der Waals surface area contributed by atoms with Crippen molar-refractivity contribution >= 4 is 15.7 Å². The summed E-state index contributed by atoms with van der Waals surface area (Å²) in [5.74, 6) is -2.59. The zero-order valence-electron chi connectivity index (χ0n) is 10.8. The molecular formula is C13H9F4NO3S. The van der Waals surface area contributed by atoms with Gasteiger partial charge < -0.3 is 4.74 Å². The molecule has 0 unspecified atom stereocenters. The molecule has 0 atom stereocenters. The van der Waals surface area contributed by atoms with Gasteiger partial charge in [-0.1, -0.05) is 12.1 Å². The van der Waals surface area contributed by atoms with Gasteiger partial charge in [0.2, 0.25) is 0 Å². The number of sulfonamides is 1. The average Bonchev–Trinajstić information content (AvgIpc) is 2.39. The highest BCUT2D eigenvalue weighted by atomic mass is 32.2. The van der Waals surface area contributed by atoms with Crippen molar-refractivity contribution in [1.29, 1.82) is 0 Å². The van der Waals surface area contributed by atoms with E-state index in [-0.39, 0.29) is 5.69 Å². The summed E-state index contributed by atoms with van der Waals surface area (Å²) in [5, 5.41) is 0. The van der Waals surface area contributed by atoms with Gasteiger partial charge in [-0.25, -0.2) is 17.2 Å². The van der Waals surface area contributed by atoms with Crippen molar-refractivity contribution in [2.45, 2.75) is 11.5 Å². The first-order valence-corrected chi connectivity index (χ1v) is 7.29. The number of anilines is 1. The molecule has 0 heterocycles. The molecule has 4 nitrogen and oxygen atoms in total. The van der Waals surface area contributed by atoms with Crippen molar-refractivity contribution in [2.75, 3.05) is 4.72 Å². The van der Waals surface area contributed by atoms with Crippen molar-refractivity contribution in [3.63, 3.8) is 0 Å². The van der Waals surface area contributed by atoms with Crippen LogP contribution in [0, 0.1) is 11.6 Å². The monoisotopic (exact) mass is 335 g/mol. The van der Waals surface area contributed by atoms with Crippen LogP contribution in [0.5, 0.6) is 5.75 Å². The van der Waals surface area contributed by atoms with Crippen LogP contribution >= 0.6 is 0 Å². The minimum absolute atomic E-state index is 0.285. The van der Waals surface area contributed by atoms with Crippen molar-refractivity contribution < 1.29 is 30.7 Å². The Balaban J connectivity index is 2.37. The summed E-state index contributed by atoms with van der Waals surface area (Å²) >= 11 is 0. The zero-order valence-corrected chi connectivity index (χ0v) is 11.6. The number of hydrogen-bond donors (Lipinski definition) is 1. The van der Waals surface area contributed by atoms with Crippen LogP contribution in [-0.4, -0.2) is 15.0 Å². The molecule has 0 bridgehead atoms. The van der Waals surface area contributed by atoms with Crippen molar-refractivity contribution in [3.8, 4) is 5.75 Å². The molecule has 9 heteroatoms. The summed E-state index contributed by atoms with van der Waals surface area (Å²) in [6.07, 6.45) is 0. The van der Waals surface area contributed by atoms with Crippen LogP contribution in [0.1, 0.15) is 0 Å². The van der Waals surface area contributed by atoms with E-state index < -0.39 is 38.9 Å². The van der Waals surface area contributed by atoms with Gasteiger partial charge in [-0.3, -0.25) is 4.72 Å². The van der Waals surface area contributed by atoms with Crippen LogP contribution in [-0.2, 0) is 10.0 Å². The van der Waals surface area contributed by atoms with E-state index >= 15 is 0 Å². The highest BCUT2D eigenvalue weighted by molar-refractivity contribution is 7.92. The lowest BCUT2D eigenvalue weighted by Crippen LogP contribution is -2.15. The second kappa shape index (κ2) is 6.22. The van der Waals surface area contributed by atoms with E-state index in [4.69, 9.17) is 0 Å². The molecule has 0 aliphatic carbocycles. The van der Waals surface area contributed by atoms with Crippen LogP contribution < -0.4 is 9.46 Å². The maximum absolute atomic E-state index is 13.1. The fraction of sp³-hybridized carbons (Fsp3) is 0.0769. The summed E-state index contributed by atoms with van der Waals surface area (Å²) in [7, 11) is -4.37. The smallest absolute Gasteiger partial charge is 0.387 e. The third-order valence-electron chi connectivity index (χ3n) is 2.49. The molecule has 0 amide bonds. The molecule has 2 aromatic carbocycles. The van der Waals surface area contributed by atoms with Crippen LogP contribution in [0.25, 0.3) is 0 Å². The van der Waals surface area contributed by atoms with Gasteiger partial charge in [-0.2, -0.15) is 8.78 Å². The molecule has 0 saturated heterocycles. The van der Waals surface area contributed by atoms with Gasteiger partial charge in [0.05, 0.1) is 10.6 Å². The van der Waals surface area contributed by atoms with Gasteiger partial charge in [-0.15, -0.1) is 0 Å². The van der Waals surface area contributed by atoms with Gasteiger partial charge in [0.15, 0.2) is 0 Å². The minimum atomic E-state index is -4.37. The standard InChI is InChI=1S/C13H9F4NO3S/c14-8-5-9(15)7-10(6-8)22(19,20)18-11-3-1-2-4-12(11)21-13(16)17/h1-7,13,18H. The zero-order chi connectivity index (χ0) is 16.3. The normalized spacial score (nSPS) is 11.5. The van der Waals surface area contributed by atoms with Crippen LogP contribution in [0.15, 0.2) is 47.4 Å². The van der Waals surface area contributed by atoms with Crippen molar-refractivity contribution in [2.24, 2.45) is 0 Å². The summed E-state index contributed by atoms with van der Waals surface area (Å²) in [4.78, 5) is -0.683. The Morgan fingerprint density at radius 2 is 1.59 bits per heavy atom. The Labute approximate surface area is 123 Å². The van der Waals surface area contributed by atoms with Crippen LogP contribution in [0.4, 0.5) is 23.2 Å². The molecule has 0 aliphatic heterocycles. The number of hydrogen-bond acceptors (Lipinski definition) is 3. The molecule has 0 aromatic heterocycles. The fourth-order valence-electron chi connectivity index (χ4n) is 1.64. The quantitative estimate of drug-likeness (QED) is 0.853. The largest absolute Gasteiger partial charge is 0.433 e. The second-order valence-corrected chi connectivity index (χ2v) is 5.77. The lowest BCUT2D eigenvalue weighted by Gasteiger charge is -2.13. The number of alkyl halides is 2. The Morgan fingerprint density at radius 1 is 1.00 bits per heavy atom. The highest BCUT2D eigenvalue weighted by Gasteiger charge is 2.19. The topological polar surface area (TPSA) is 55.4 Å². The number of ether oxygens (including phenoxy) is 1. The third-order valence-corrected chi connectivity index (χ3v) is 3.84. The van der Waals surface area contributed by atoms with E-state index in [1.54, 1.807) is 0 Å². The summed E-state index contributed by atoms with van der Waals surface area (Å²) in [6, 6.07) is 6.73. The predicted molar refractivity (Wildman–Crippen MR) is 70.2 cm³/mol. The summed E-state index contributed by atoms with van der Waals surface area (Å²) < 4.78 is 80.9. The Hall–Kier alpha value is -2.29. The van der Waals surface area contributed by atoms with E-state index in [2.05, 4.69) is 4.74 Å². The number of halogens is 4. The third kappa shape index (κ3) is 3.88. The Kier molecular flexibility index (Phi) is 4.55. The minimum Gasteiger partial charge on any atom is -0.433 e. The molecular weight excluding hydrogens is 326 g/mol. The van der Waals surface area contributed by atoms with Crippen molar-refractivity contribution in [3.05, 3.63) is 54.1 Å². The molecule has 0 saturated carbocycles. The lowest BCUT2D eigenvalue weighted by atomic mass is 10.3. The number of rotatable bonds is 5. The van der Waals surface area contributed by atoms with E-state index in [0.717, 1.165) is 6.07 Å². The van der Waals surface area contributed by atoms with Gasteiger partial charge in [0, 0.05) is 6.07 Å². The Bertz CT molecular complexity index is 760. The molecule has 22 heavy (non-hydrogen) atoms. The summed E-state index contributed by atoms with van der Waals surface area (Å²) in [6.45, 7) is -3.16. The molecule has 2 rings (SSSR count). The maximum Gasteiger partial charge on any atom is 0.387 e. The number of nitrogens with one attached hydrogen (secondary N) is 1. The van der Waals surface area contributed by atoms with E-state index in [1.807, 2.05) is 4.72 Å². The number of benzene rings is 2. The van der Waals surface area contributed by atoms with Gasteiger partial charge in [0.25, 0.3) is 10.0 Å². The van der Waals surface area contributed by atoms with Gasteiger partial charge in [-0.05, 0) is 24.3 Å². The fourth-order valence-corrected chi connectivity index (χ4v) is 2.75. The summed E-state index contributed by atoms with van der Waals surface area (Å²) in [5.41, 5.74) is -0.285. The molecule has 118 valence electrons. The first-order valence-electron chi connectivity index (χ1n) is 5.81. The van der Waals surface area contributed by atoms with E-state index in [0.29, 0.717) is 18.2 Å². The molecule has 0 aliphatic rings. The molecule has 1 N–H and O–H groups in total. The Morgan fingerprint density at radius 3 is 2.18 bits per heavy atom. The molecule has 0 radical (unpaired) electrons.